The van der Waals surface area contributed by atoms with Crippen molar-refractivity contribution >= 4 is 12.0 Å². The number of hydrogen-bond donors (Lipinski definition) is 2. The van der Waals surface area contributed by atoms with E-state index in [0.29, 0.717) is 13.1 Å². The number of urea groups is 1. The molecule has 2 amide bonds. The summed E-state index contributed by atoms with van der Waals surface area (Å²) in [6, 6.07) is -0.384. The fourth-order valence-corrected chi connectivity index (χ4v) is 1.80. The van der Waals surface area contributed by atoms with Crippen LogP contribution in [0, 0.1) is 0 Å². The van der Waals surface area contributed by atoms with Gasteiger partial charge in [-0.05, 0) is 20.8 Å². The zero-order chi connectivity index (χ0) is 13.8. The summed E-state index contributed by atoms with van der Waals surface area (Å²) in [5.74, 6) is -1.12. The monoisotopic (exact) mass is 259 g/mol. The van der Waals surface area contributed by atoms with Gasteiger partial charge in [0.05, 0.1) is 0 Å². The quantitative estimate of drug-likeness (QED) is 0.704. The Hall–Kier alpha value is -1.34. The van der Waals surface area contributed by atoms with E-state index in [0.717, 1.165) is 13.1 Å². The number of aliphatic carboxylic acids is 1. The molecule has 104 valence electrons. The lowest BCUT2D eigenvalue weighted by Gasteiger charge is -2.42. The Bertz CT molecular complexity index is 306. The molecule has 0 bridgehead atoms. The summed E-state index contributed by atoms with van der Waals surface area (Å²) in [5.41, 5.74) is 2.22. The standard InChI is InChI=1S/C11H21N3O4/c1-11(2,3)14-6-4-13(5-7-14)10(17)12-18-8-9(15)16/h4-8H2,1-3H3,(H,12,17)(H,15,16). The van der Waals surface area contributed by atoms with Crippen LogP contribution in [0.2, 0.25) is 0 Å². The first-order chi connectivity index (χ1) is 8.30. The minimum Gasteiger partial charge on any atom is -0.479 e. The van der Waals surface area contributed by atoms with Crippen molar-refractivity contribution in [2.45, 2.75) is 26.3 Å². The van der Waals surface area contributed by atoms with Crippen LogP contribution in [-0.4, -0.2) is 65.2 Å². The Morgan fingerprint density at radius 2 is 1.78 bits per heavy atom. The minimum absolute atomic E-state index is 0.0996. The highest BCUT2D eigenvalue weighted by Crippen LogP contribution is 2.15. The van der Waals surface area contributed by atoms with Crippen LogP contribution in [0.1, 0.15) is 20.8 Å². The van der Waals surface area contributed by atoms with Gasteiger partial charge in [-0.15, -0.1) is 0 Å². The molecular weight excluding hydrogens is 238 g/mol. The van der Waals surface area contributed by atoms with E-state index in [1.54, 1.807) is 4.90 Å². The minimum atomic E-state index is -1.12. The molecule has 1 heterocycles. The Morgan fingerprint density at radius 3 is 2.22 bits per heavy atom. The molecule has 1 aliphatic heterocycles. The van der Waals surface area contributed by atoms with Crippen molar-refractivity contribution in [1.82, 2.24) is 15.3 Å². The number of hydroxylamine groups is 1. The van der Waals surface area contributed by atoms with E-state index in [-0.39, 0.29) is 11.6 Å². The summed E-state index contributed by atoms with van der Waals surface area (Å²) < 4.78 is 0. The molecule has 0 saturated carbocycles. The van der Waals surface area contributed by atoms with Gasteiger partial charge in [0.2, 0.25) is 0 Å². The lowest BCUT2D eigenvalue weighted by molar-refractivity contribution is -0.144. The van der Waals surface area contributed by atoms with Crippen LogP contribution in [-0.2, 0) is 9.63 Å². The maximum atomic E-state index is 11.6. The number of rotatable bonds is 3. The first-order valence-corrected chi connectivity index (χ1v) is 5.94. The third kappa shape index (κ3) is 4.50. The smallest absolute Gasteiger partial charge is 0.341 e. The Kier molecular flexibility index (Phi) is 4.92. The van der Waals surface area contributed by atoms with Crippen molar-refractivity contribution in [3.8, 4) is 0 Å². The third-order valence-corrected chi connectivity index (χ3v) is 2.87. The van der Waals surface area contributed by atoms with Gasteiger partial charge >= 0.3 is 12.0 Å². The molecular formula is C11H21N3O4. The van der Waals surface area contributed by atoms with Crippen LogP contribution in [0.15, 0.2) is 0 Å². The number of carboxylic acid groups (broad SMARTS) is 1. The maximum absolute atomic E-state index is 11.6. The zero-order valence-corrected chi connectivity index (χ0v) is 11.1. The van der Waals surface area contributed by atoms with E-state index in [1.165, 1.54) is 0 Å². The fraction of sp³-hybridized carbons (Fsp3) is 0.818. The first kappa shape index (κ1) is 14.7. The predicted octanol–water partition coefficient (Wildman–Crippen LogP) is 0.128. The van der Waals surface area contributed by atoms with Crippen LogP contribution >= 0.6 is 0 Å². The second kappa shape index (κ2) is 6.01. The number of carbonyl (C=O) groups is 2. The fourth-order valence-electron chi connectivity index (χ4n) is 1.80. The number of nitrogens with zero attached hydrogens (tertiary/aromatic N) is 2. The molecule has 0 aromatic carbocycles. The van der Waals surface area contributed by atoms with E-state index < -0.39 is 12.6 Å². The van der Waals surface area contributed by atoms with Gasteiger partial charge in [-0.25, -0.2) is 15.1 Å². The van der Waals surface area contributed by atoms with Gasteiger partial charge in [-0.1, -0.05) is 0 Å². The average molecular weight is 259 g/mol. The van der Waals surface area contributed by atoms with Crippen molar-refractivity contribution in [1.29, 1.82) is 0 Å². The molecule has 7 nitrogen and oxygen atoms in total. The van der Waals surface area contributed by atoms with Crippen molar-refractivity contribution in [3.05, 3.63) is 0 Å². The molecule has 0 unspecified atom stereocenters. The first-order valence-electron chi connectivity index (χ1n) is 5.94. The number of carboxylic acids is 1. The molecule has 1 saturated heterocycles. The van der Waals surface area contributed by atoms with Crippen molar-refractivity contribution in [3.63, 3.8) is 0 Å². The molecule has 7 heteroatoms. The summed E-state index contributed by atoms with van der Waals surface area (Å²) in [5, 5.41) is 8.36. The van der Waals surface area contributed by atoms with Crippen molar-refractivity contribution in [2.75, 3.05) is 32.8 Å². The van der Waals surface area contributed by atoms with Crippen LogP contribution < -0.4 is 5.48 Å². The number of hydrogen-bond acceptors (Lipinski definition) is 4. The topological polar surface area (TPSA) is 82.1 Å². The number of nitrogens with one attached hydrogen (secondary N) is 1. The van der Waals surface area contributed by atoms with E-state index >= 15 is 0 Å². The lowest BCUT2D eigenvalue weighted by Crippen LogP contribution is -2.56. The summed E-state index contributed by atoms with van der Waals surface area (Å²) in [7, 11) is 0. The predicted molar refractivity (Wildman–Crippen MR) is 65.0 cm³/mol. The highest BCUT2D eigenvalue weighted by atomic mass is 16.7. The van der Waals surface area contributed by atoms with E-state index in [9.17, 15) is 9.59 Å². The maximum Gasteiger partial charge on any atom is 0.341 e. The van der Waals surface area contributed by atoms with E-state index in [2.05, 4.69) is 36.0 Å². The molecule has 0 aromatic heterocycles. The number of piperazine rings is 1. The normalized spacial score (nSPS) is 17.6. The SMILES string of the molecule is CC(C)(C)N1CCN(C(=O)NOCC(=O)O)CC1. The second-order valence-electron chi connectivity index (χ2n) is 5.23. The van der Waals surface area contributed by atoms with Crippen LogP contribution in [0.5, 0.6) is 0 Å². The molecule has 2 N–H and O–H groups in total. The third-order valence-electron chi connectivity index (χ3n) is 2.87. The second-order valence-corrected chi connectivity index (χ2v) is 5.23. The Labute approximate surface area is 107 Å². The molecule has 0 atom stereocenters. The largest absolute Gasteiger partial charge is 0.479 e. The molecule has 0 aliphatic carbocycles. The van der Waals surface area contributed by atoms with Crippen LogP contribution in [0.25, 0.3) is 0 Å². The molecule has 0 radical (unpaired) electrons. The summed E-state index contributed by atoms with van der Waals surface area (Å²) in [6.45, 7) is 8.70. The van der Waals surface area contributed by atoms with Gasteiger partial charge in [-0.3, -0.25) is 9.74 Å². The Balaban J connectivity index is 2.30. The van der Waals surface area contributed by atoms with Gasteiger partial charge in [0.25, 0.3) is 0 Å². The van der Waals surface area contributed by atoms with E-state index in [4.69, 9.17) is 5.11 Å². The molecule has 1 rings (SSSR count). The number of carbonyl (C=O) groups excluding carboxylic acids is 1. The molecule has 1 fully saturated rings. The average Bonchev–Trinajstić information content (AvgIpc) is 2.27. The zero-order valence-electron chi connectivity index (χ0n) is 11.1. The van der Waals surface area contributed by atoms with E-state index in [1.807, 2.05) is 0 Å². The van der Waals surface area contributed by atoms with Crippen molar-refractivity contribution < 1.29 is 19.5 Å². The summed E-state index contributed by atoms with van der Waals surface area (Å²) >= 11 is 0. The van der Waals surface area contributed by atoms with Gasteiger partial charge in [0.15, 0.2) is 6.61 Å². The van der Waals surface area contributed by atoms with Gasteiger partial charge in [-0.2, -0.15) is 0 Å². The highest BCUT2D eigenvalue weighted by molar-refractivity contribution is 5.73. The highest BCUT2D eigenvalue weighted by Gasteiger charge is 2.27. The van der Waals surface area contributed by atoms with Crippen LogP contribution in [0.3, 0.4) is 0 Å². The lowest BCUT2D eigenvalue weighted by atomic mass is 10.1. The summed E-state index contributed by atoms with van der Waals surface area (Å²) in [4.78, 5) is 30.3. The molecule has 0 aromatic rings. The van der Waals surface area contributed by atoms with Crippen molar-refractivity contribution in [2.24, 2.45) is 0 Å². The Morgan fingerprint density at radius 1 is 1.22 bits per heavy atom. The van der Waals surface area contributed by atoms with Gasteiger partial charge in [0.1, 0.15) is 0 Å². The molecule has 1 aliphatic rings. The van der Waals surface area contributed by atoms with Crippen LogP contribution in [0.4, 0.5) is 4.79 Å². The summed E-state index contributed by atoms with van der Waals surface area (Å²) in [6.07, 6.45) is 0. The van der Waals surface area contributed by atoms with Gasteiger partial charge in [0, 0.05) is 31.7 Å². The molecule has 18 heavy (non-hydrogen) atoms. The van der Waals surface area contributed by atoms with Gasteiger partial charge < -0.3 is 10.0 Å². The molecule has 0 spiro atoms. The number of amides is 2.